The molecule has 3 nitrogen and oxygen atoms in total. The third-order valence-electron chi connectivity index (χ3n) is 2.68. The van der Waals surface area contributed by atoms with Gasteiger partial charge in [0.25, 0.3) is 5.82 Å². The lowest BCUT2D eigenvalue weighted by atomic mass is 10.2. The fraction of sp³-hybridized carbons (Fsp3) is 0. The molecule has 2 aromatic carbocycles. The fourth-order valence-corrected chi connectivity index (χ4v) is 1.81. The van der Waals surface area contributed by atoms with Crippen LogP contribution < -0.4 is 10.4 Å². The van der Waals surface area contributed by atoms with Crippen LogP contribution in [0.3, 0.4) is 0 Å². The summed E-state index contributed by atoms with van der Waals surface area (Å²) in [4.78, 5) is 11.4. The van der Waals surface area contributed by atoms with Gasteiger partial charge in [0.05, 0.1) is 5.39 Å². The maximum atomic E-state index is 13.9. The van der Waals surface area contributed by atoms with Gasteiger partial charge in [-0.2, -0.15) is 4.39 Å². The van der Waals surface area contributed by atoms with E-state index in [0.29, 0.717) is 16.7 Å². The van der Waals surface area contributed by atoms with Crippen molar-refractivity contribution in [1.82, 2.24) is 0 Å². The van der Waals surface area contributed by atoms with Gasteiger partial charge >= 0.3 is 5.63 Å². The van der Waals surface area contributed by atoms with Gasteiger partial charge in [-0.05, 0) is 24.3 Å². The number of para-hydroxylation sites is 2. The molecule has 3 aromatic rings. The van der Waals surface area contributed by atoms with E-state index in [1.165, 1.54) is 0 Å². The van der Waals surface area contributed by atoms with Gasteiger partial charge in [-0.1, -0.05) is 30.3 Å². The first kappa shape index (κ1) is 11.5. The Kier molecular flexibility index (Phi) is 2.76. The third-order valence-corrected chi connectivity index (χ3v) is 2.68. The molecule has 0 aliphatic heterocycles. The smallest absolute Gasteiger partial charge is 0.376 e. The summed E-state index contributed by atoms with van der Waals surface area (Å²) in [5.41, 5.74) is -0.746. The molecule has 0 saturated carbocycles. The zero-order chi connectivity index (χ0) is 13.2. The molecule has 0 aliphatic carbocycles. The predicted octanol–water partition coefficient (Wildman–Crippen LogP) is 3.72. The van der Waals surface area contributed by atoms with Crippen molar-refractivity contribution < 1.29 is 13.5 Å². The van der Waals surface area contributed by atoms with Crippen LogP contribution in [-0.4, -0.2) is 0 Å². The molecule has 19 heavy (non-hydrogen) atoms. The molecular weight excluding hydrogens is 247 g/mol. The fourth-order valence-electron chi connectivity index (χ4n) is 1.81. The SMILES string of the molecule is O=c1oc2ccccc2c(Oc2ccccc2)c1F. The average Bonchev–Trinajstić information content (AvgIpc) is 2.45. The Morgan fingerprint density at radius 1 is 0.947 bits per heavy atom. The lowest BCUT2D eigenvalue weighted by molar-refractivity contribution is 0.413. The number of fused-ring (bicyclic) bond motifs is 1. The first-order valence-corrected chi connectivity index (χ1v) is 5.70. The Balaban J connectivity index is 2.22. The molecular formula is C15H9FO3. The lowest BCUT2D eigenvalue weighted by Crippen LogP contribution is -2.06. The highest BCUT2D eigenvalue weighted by Gasteiger charge is 2.16. The van der Waals surface area contributed by atoms with E-state index in [9.17, 15) is 9.18 Å². The number of rotatable bonds is 2. The van der Waals surface area contributed by atoms with Crippen molar-refractivity contribution in [3.63, 3.8) is 0 Å². The van der Waals surface area contributed by atoms with Crippen molar-refractivity contribution in [3.8, 4) is 11.5 Å². The Labute approximate surface area is 107 Å². The molecule has 0 N–H and O–H groups in total. The standard InChI is InChI=1S/C15H9FO3/c16-13-14(18-10-6-2-1-3-7-10)11-8-4-5-9-12(11)19-15(13)17/h1-9H. The number of benzene rings is 2. The van der Waals surface area contributed by atoms with Gasteiger partial charge in [0.15, 0.2) is 5.75 Å². The van der Waals surface area contributed by atoms with Crippen LogP contribution in [0.4, 0.5) is 4.39 Å². The van der Waals surface area contributed by atoms with Crippen molar-refractivity contribution in [2.24, 2.45) is 0 Å². The van der Waals surface area contributed by atoms with E-state index in [4.69, 9.17) is 9.15 Å². The molecule has 0 spiro atoms. The molecule has 3 rings (SSSR count). The molecule has 0 radical (unpaired) electrons. The van der Waals surface area contributed by atoms with Crippen LogP contribution in [0, 0.1) is 5.82 Å². The van der Waals surface area contributed by atoms with E-state index < -0.39 is 11.4 Å². The van der Waals surface area contributed by atoms with Gasteiger partial charge in [0.2, 0.25) is 0 Å². The summed E-state index contributed by atoms with van der Waals surface area (Å²) in [7, 11) is 0. The minimum Gasteiger partial charge on any atom is -0.453 e. The van der Waals surface area contributed by atoms with Crippen molar-refractivity contribution in [3.05, 3.63) is 70.8 Å². The Morgan fingerprint density at radius 2 is 1.63 bits per heavy atom. The van der Waals surface area contributed by atoms with E-state index in [1.807, 2.05) is 6.07 Å². The zero-order valence-electron chi connectivity index (χ0n) is 9.80. The number of hydrogen-bond donors (Lipinski definition) is 0. The summed E-state index contributed by atoms with van der Waals surface area (Å²) in [6.07, 6.45) is 0. The minimum atomic E-state index is -1.04. The van der Waals surface area contributed by atoms with Crippen molar-refractivity contribution in [2.45, 2.75) is 0 Å². The van der Waals surface area contributed by atoms with E-state index in [1.54, 1.807) is 48.5 Å². The molecule has 0 bridgehead atoms. The first-order chi connectivity index (χ1) is 9.25. The van der Waals surface area contributed by atoms with Crippen LogP contribution in [0.25, 0.3) is 11.0 Å². The van der Waals surface area contributed by atoms with Gasteiger partial charge in [0.1, 0.15) is 11.3 Å². The normalized spacial score (nSPS) is 10.6. The summed E-state index contributed by atoms with van der Waals surface area (Å²) in [5, 5.41) is 0.420. The van der Waals surface area contributed by atoms with Gasteiger partial charge in [0, 0.05) is 0 Å². The van der Waals surface area contributed by atoms with Crippen molar-refractivity contribution in [1.29, 1.82) is 0 Å². The molecule has 1 heterocycles. The van der Waals surface area contributed by atoms with Crippen LogP contribution in [0.15, 0.2) is 63.8 Å². The van der Waals surface area contributed by atoms with Crippen molar-refractivity contribution in [2.75, 3.05) is 0 Å². The largest absolute Gasteiger partial charge is 0.453 e. The van der Waals surface area contributed by atoms with E-state index in [0.717, 1.165) is 0 Å². The highest BCUT2D eigenvalue weighted by molar-refractivity contribution is 5.83. The van der Waals surface area contributed by atoms with Crippen LogP contribution >= 0.6 is 0 Å². The maximum absolute atomic E-state index is 13.9. The van der Waals surface area contributed by atoms with Crippen LogP contribution in [0.5, 0.6) is 11.5 Å². The van der Waals surface area contributed by atoms with Crippen LogP contribution in [-0.2, 0) is 0 Å². The molecule has 94 valence electrons. The van der Waals surface area contributed by atoms with Crippen LogP contribution in [0.1, 0.15) is 0 Å². The Hall–Kier alpha value is -2.62. The summed E-state index contributed by atoms with van der Waals surface area (Å²) in [6, 6.07) is 15.4. The van der Waals surface area contributed by atoms with E-state index >= 15 is 0 Å². The minimum absolute atomic E-state index is 0.113. The maximum Gasteiger partial charge on any atom is 0.376 e. The van der Waals surface area contributed by atoms with E-state index in [-0.39, 0.29) is 5.75 Å². The predicted molar refractivity (Wildman–Crippen MR) is 69.0 cm³/mol. The molecule has 1 aromatic heterocycles. The van der Waals surface area contributed by atoms with Gasteiger partial charge < -0.3 is 9.15 Å². The summed E-state index contributed by atoms with van der Waals surface area (Å²) in [5.74, 6) is -0.683. The van der Waals surface area contributed by atoms with E-state index in [2.05, 4.69) is 0 Å². The molecule has 0 aliphatic rings. The van der Waals surface area contributed by atoms with Gasteiger partial charge in [-0.3, -0.25) is 0 Å². The Bertz CT molecular complexity index is 778. The molecule has 0 atom stereocenters. The number of hydrogen-bond acceptors (Lipinski definition) is 3. The second kappa shape index (κ2) is 4.57. The summed E-state index contributed by atoms with van der Waals surface area (Å²) >= 11 is 0. The molecule has 0 unspecified atom stereocenters. The van der Waals surface area contributed by atoms with Gasteiger partial charge in [-0.25, -0.2) is 4.79 Å². The van der Waals surface area contributed by atoms with Gasteiger partial charge in [-0.15, -0.1) is 0 Å². The monoisotopic (exact) mass is 256 g/mol. The Morgan fingerprint density at radius 3 is 2.42 bits per heavy atom. The molecule has 0 saturated heterocycles. The second-order valence-electron chi connectivity index (χ2n) is 3.94. The van der Waals surface area contributed by atoms with Crippen LogP contribution in [0.2, 0.25) is 0 Å². The highest BCUT2D eigenvalue weighted by Crippen LogP contribution is 2.30. The summed E-state index contributed by atoms with van der Waals surface area (Å²) in [6.45, 7) is 0. The third kappa shape index (κ3) is 2.08. The number of halogens is 1. The second-order valence-corrected chi connectivity index (χ2v) is 3.94. The lowest BCUT2D eigenvalue weighted by Gasteiger charge is -2.08. The first-order valence-electron chi connectivity index (χ1n) is 5.70. The topological polar surface area (TPSA) is 39.4 Å². The molecule has 4 heteroatoms. The average molecular weight is 256 g/mol. The quantitative estimate of drug-likeness (QED) is 0.656. The summed E-state index contributed by atoms with van der Waals surface area (Å²) < 4.78 is 24.2. The number of ether oxygens (including phenoxy) is 1. The zero-order valence-corrected chi connectivity index (χ0v) is 9.80. The molecule has 0 fully saturated rings. The van der Waals surface area contributed by atoms with Crippen molar-refractivity contribution >= 4 is 11.0 Å². The molecule has 0 amide bonds. The highest BCUT2D eigenvalue weighted by atomic mass is 19.1.